The number of benzene rings is 1. The minimum absolute atomic E-state index is 0.0147. The third-order valence-electron chi connectivity index (χ3n) is 5.20. The summed E-state index contributed by atoms with van der Waals surface area (Å²) in [5.74, 6) is -0.397. The minimum atomic E-state index is -0.801. The summed E-state index contributed by atoms with van der Waals surface area (Å²) in [7, 11) is 1.95. The number of hydrogen-bond acceptors (Lipinski definition) is 4. The van der Waals surface area contributed by atoms with Crippen molar-refractivity contribution in [3.63, 3.8) is 0 Å². The third kappa shape index (κ3) is 6.03. The highest BCUT2D eigenvalue weighted by Crippen LogP contribution is 2.25. The van der Waals surface area contributed by atoms with E-state index in [1.165, 1.54) is 11.8 Å². The molecule has 1 aliphatic rings. The molecule has 6 nitrogen and oxygen atoms in total. The number of carbonyl (C=O) groups excluding carboxylic acids is 1. The first-order valence-corrected chi connectivity index (χ1v) is 11.5. The number of carboxylic acids is 1. The summed E-state index contributed by atoms with van der Waals surface area (Å²) < 4.78 is 7.73. The summed E-state index contributed by atoms with van der Waals surface area (Å²) >= 11 is 7.30. The molecule has 0 radical (unpaired) electrons. The molecule has 0 unspecified atom stereocenters. The number of aromatic nitrogens is 1. The van der Waals surface area contributed by atoms with Gasteiger partial charge in [-0.05, 0) is 49.4 Å². The molecule has 2 aromatic rings. The Morgan fingerprint density at radius 3 is 2.83 bits per heavy atom. The van der Waals surface area contributed by atoms with Gasteiger partial charge in [-0.1, -0.05) is 23.7 Å². The lowest BCUT2D eigenvalue weighted by atomic mass is 10.1. The van der Waals surface area contributed by atoms with Gasteiger partial charge in [0, 0.05) is 37.1 Å². The van der Waals surface area contributed by atoms with Crippen LogP contribution in [0, 0.1) is 0 Å². The van der Waals surface area contributed by atoms with Crippen molar-refractivity contribution in [2.45, 2.75) is 37.5 Å². The molecular weight excluding hydrogens is 424 g/mol. The zero-order chi connectivity index (χ0) is 21.5. The van der Waals surface area contributed by atoms with Crippen molar-refractivity contribution < 1.29 is 19.4 Å². The van der Waals surface area contributed by atoms with Crippen LogP contribution in [-0.2, 0) is 29.6 Å². The minimum Gasteiger partial charge on any atom is -0.480 e. The van der Waals surface area contributed by atoms with Crippen molar-refractivity contribution >= 4 is 35.2 Å². The number of aryl methyl sites for hydroxylation is 1. The first-order valence-electron chi connectivity index (χ1n) is 10.1. The van der Waals surface area contributed by atoms with E-state index in [0.717, 1.165) is 30.5 Å². The molecule has 0 saturated carbocycles. The van der Waals surface area contributed by atoms with Crippen LogP contribution in [0.15, 0.2) is 36.5 Å². The molecule has 1 saturated heterocycles. The Morgan fingerprint density at radius 2 is 2.13 bits per heavy atom. The van der Waals surface area contributed by atoms with Gasteiger partial charge in [-0.2, -0.15) is 0 Å². The molecule has 1 N–H and O–H groups in total. The molecule has 162 valence electrons. The Bertz CT molecular complexity index is 878. The number of rotatable bonds is 9. The second kappa shape index (κ2) is 10.9. The topological polar surface area (TPSA) is 71.8 Å². The number of carbonyl (C=O) groups is 2. The maximum absolute atomic E-state index is 12.9. The summed E-state index contributed by atoms with van der Waals surface area (Å²) in [6.45, 7) is 1.67. The Kier molecular flexibility index (Phi) is 8.24. The predicted molar refractivity (Wildman–Crippen MR) is 119 cm³/mol. The predicted octanol–water partition coefficient (Wildman–Crippen LogP) is 4.21. The number of nitrogens with zero attached hydrogens (tertiary/aromatic N) is 2. The first kappa shape index (κ1) is 22.7. The van der Waals surface area contributed by atoms with Crippen LogP contribution in [0.2, 0.25) is 5.02 Å². The third-order valence-corrected chi connectivity index (χ3v) is 6.73. The van der Waals surface area contributed by atoms with Crippen LogP contribution in [0.25, 0.3) is 0 Å². The molecule has 8 heteroatoms. The fourth-order valence-corrected chi connectivity index (χ4v) is 4.74. The van der Waals surface area contributed by atoms with E-state index in [4.69, 9.17) is 21.4 Å². The van der Waals surface area contributed by atoms with Crippen molar-refractivity contribution in [1.29, 1.82) is 0 Å². The van der Waals surface area contributed by atoms with Gasteiger partial charge in [0.15, 0.2) is 0 Å². The summed E-state index contributed by atoms with van der Waals surface area (Å²) in [5.41, 5.74) is 2.79. The number of halogens is 1. The molecule has 0 bridgehead atoms. The van der Waals surface area contributed by atoms with Crippen molar-refractivity contribution in [3.8, 4) is 0 Å². The fourth-order valence-electron chi connectivity index (χ4n) is 3.51. The highest BCUT2D eigenvalue weighted by Gasteiger charge is 2.29. The molecule has 1 aliphatic heterocycles. The number of amides is 1. The standard InChI is InChI=1S/C22H27ClN2O4S/c1-24-10-8-18(21(26)25-11-9-20(22(27)28)30-15-25)19(24)7-2-3-12-29-14-16-5-4-6-17(23)13-16/h4-6,8,10,13,20H,2-3,7,9,11-12,14-15H2,1H3,(H,27,28)/t20-/m1/s1. The molecule has 0 spiro atoms. The molecule has 1 fully saturated rings. The van der Waals surface area contributed by atoms with E-state index in [-0.39, 0.29) is 5.91 Å². The lowest BCUT2D eigenvalue weighted by Crippen LogP contribution is -2.39. The van der Waals surface area contributed by atoms with Crippen LogP contribution in [-0.4, -0.2) is 50.7 Å². The van der Waals surface area contributed by atoms with E-state index in [1.54, 1.807) is 4.90 Å². The maximum Gasteiger partial charge on any atom is 0.316 e. The molecule has 30 heavy (non-hydrogen) atoms. The van der Waals surface area contributed by atoms with Crippen molar-refractivity contribution in [2.24, 2.45) is 7.05 Å². The zero-order valence-corrected chi connectivity index (χ0v) is 18.6. The van der Waals surface area contributed by atoms with E-state index in [0.29, 0.717) is 42.6 Å². The largest absolute Gasteiger partial charge is 0.480 e. The number of carboxylic acid groups (broad SMARTS) is 1. The van der Waals surface area contributed by atoms with Crippen LogP contribution in [0.4, 0.5) is 0 Å². The van der Waals surface area contributed by atoms with Crippen LogP contribution in [0.5, 0.6) is 0 Å². The van der Waals surface area contributed by atoms with Gasteiger partial charge < -0.3 is 19.3 Å². The second-order valence-electron chi connectivity index (χ2n) is 7.41. The van der Waals surface area contributed by atoms with Crippen LogP contribution in [0.1, 0.15) is 40.9 Å². The Balaban J connectivity index is 1.45. The molecular formula is C22H27ClN2O4S. The fraction of sp³-hybridized carbons (Fsp3) is 0.455. The summed E-state index contributed by atoms with van der Waals surface area (Å²) in [6, 6.07) is 9.52. The van der Waals surface area contributed by atoms with E-state index >= 15 is 0 Å². The van der Waals surface area contributed by atoms with Gasteiger partial charge in [0.2, 0.25) is 0 Å². The average Bonchev–Trinajstić information content (AvgIpc) is 3.10. The summed E-state index contributed by atoms with van der Waals surface area (Å²) in [6.07, 6.45) is 5.01. The summed E-state index contributed by atoms with van der Waals surface area (Å²) in [5, 5.41) is 9.41. The maximum atomic E-state index is 12.9. The van der Waals surface area contributed by atoms with Gasteiger partial charge in [0.25, 0.3) is 5.91 Å². The number of thioether (sulfide) groups is 1. The van der Waals surface area contributed by atoms with E-state index < -0.39 is 11.2 Å². The molecule has 2 heterocycles. The first-order chi connectivity index (χ1) is 14.5. The molecule has 1 aromatic carbocycles. The van der Waals surface area contributed by atoms with Gasteiger partial charge >= 0.3 is 5.97 Å². The van der Waals surface area contributed by atoms with E-state index in [9.17, 15) is 9.59 Å². The van der Waals surface area contributed by atoms with Crippen LogP contribution < -0.4 is 0 Å². The highest BCUT2D eigenvalue weighted by molar-refractivity contribution is 8.00. The van der Waals surface area contributed by atoms with E-state index in [2.05, 4.69) is 0 Å². The Hall–Kier alpha value is -1.96. The number of hydrogen-bond donors (Lipinski definition) is 1. The molecule has 1 atom stereocenters. The average molecular weight is 451 g/mol. The van der Waals surface area contributed by atoms with E-state index in [1.807, 2.05) is 48.1 Å². The van der Waals surface area contributed by atoms with Gasteiger partial charge in [-0.3, -0.25) is 9.59 Å². The molecule has 1 aromatic heterocycles. The van der Waals surface area contributed by atoms with Gasteiger partial charge in [-0.25, -0.2) is 0 Å². The van der Waals surface area contributed by atoms with Crippen molar-refractivity contribution in [2.75, 3.05) is 19.0 Å². The Morgan fingerprint density at radius 1 is 1.30 bits per heavy atom. The lowest BCUT2D eigenvalue weighted by molar-refractivity contribution is -0.136. The zero-order valence-electron chi connectivity index (χ0n) is 17.1. The van der Waals surface area contributed by atoms with Gasteiger partial charge in [0.1, 0.15) is 5.25 Å². The SMILES string of the molecule is Cn1ccc(C(=O)N2CC[C@H](C(=O)O)SC2)c1CCCCOCc1cccc(Cl)c1. The smallest absolute Gasteiger partial charge is 0.316 e. The summed E-state index contributed by atoms with van der Waals surface area (Å²) in [4.78, 5) is 25.8. The monoisotopic (exact) mass is 450 g/mol. The van der Waals surface area contributed by atoms with Crippen molar-refractivity contribution in [1.82, 2.24) is 9.47 Å². The highest BCUT2D eigenvalue weighted by atomic mass is 35.5. The lowest BCUT2D eigenvalue weighted by Gasteiger charge is -2.29. The number of unbranched alkanes of at least 4 members (excludes halogenated alkanes) is 1. The van der Waals surface area contributed by atoms with Crippen LogP contribution in [0.3, 0.4) is 0 Å². The Labute approximate surface area is 186 Å². The number of aliphatic carboxylic acids is 1. The number of ether oxygens (including phenoxy) is 1. The molecule has 1 amide bonds. The normalized spacial score (nSPS) is 16.6. The molecule has 3 rings (SSSR count). The van der Waals surface area contributed by atoms with Crippen LogP contribution >= 0.6 is 23.4 Å². The quantitative estimate of drug-likeness (QED) is 0.579. The molecule has 0 aliphatic carbocycles. The van der Waals surface area contributed by atoms with Gasteiger partial charge in [0.05, 0.1) is 18.0 Å². The van der Waals surface area contributed by atoms with Crippen molar-refractivity contribution in [3.05, 3.63) is 58.4 Å². The second-order valence-corrected chi connectivity index (χ2v) is 9.00. The van der Waals surface area contributed by atoms with Gasteiger partial charge in [-0.15, -0.1) is 11.8 Å².